The van der Waals surface area contributed by atoms with E-state index in [2.05, 4.69) is 39.0 Å². The zero-order chi connectivity index (χ0) is 14.6. The van der Waals surface area contributed by atoms with Crippen molar-refractivity contribution in [1.29, 1.82) is 0 Å². The number of hydrogen-bond acceptors (Lipinski definition) is 0. The molecule has 0 radical (unpaired) electrons. The van der Waals surface area contributed by atoms with Crippen molar-refractivity contribution in [3.05, 3.63) is 0 Å². The molecule has 114 valence electrons. The van der Waals surface area contributed by atoms with Crippen molar-refractivity contribution in [2.45, 2.75) is 104 Å². The summed E-state index contributed by atoms with van der Waals surface area (Å²) >= 11 is 0. The van der Waals surface area contributed by atoms with Gasteiger partial charge in [-0.2, -0.15) is 0 Å². The normalized spacial score (nSPS) is 11.8. The van der Waals surface area contributed by atoms with Crippen LogP contribution in [0.3, 0.4) is 0 Å². The van der Waals surface area contributed by atoms with Crippen LogP contribution in [0.25, 0.3) is 0 Å². The third-order valence-electron chi connectivity index (χ3n) is 4.44. The number of nitrogens with zero attached hydrogens (tertiary/aromatic N) is 1. The van der Waals surface area contributed by atoms with Crippen LogP contribution in [0.4, 0.5) is 0 Å². The first-order valence-corrected chi connectivity index (χ1v) is 8.75. The summed E-state index contributed by atoms with van der Waals surface area (Å²) in [5.41, 5.74) is 0.386. The topological polar surface area (TPSA) is 3.01 Å². The Hall–Kier alpha value is -0.330. The van der Waals surface area contributed by atoms with Crippen LogP contribution < -0.4 is 0 Å². The molecule has 0 amide bonds. The monoisotopic (exact) mass is 268 g/mol. The number of hydrogen-bond donors (Lipinski definition) is 0. The van der Waals surface area contributed by atoms with Gasteiger partial charge in [-0.25, -0.2) is 4.58 Å². The molecule has 0 saturated heterocycles. The first kappa shape index (κ1) is 18.7. The smallest absolute Gasteiger partial charge is 0.161 e. The summed E-state index contributed by atoms with van der Waals surface area (Å²) in [6.07, 6.45) is 14.6. The van der Waals surface area contributed by atoms with E-state index in [-0.39, 0.29) is 0 Å². The molecule has 0 aromatic carbocycles. The highest BCUT2D eigenvalue weighted by molar-refractivity contribution is 5.15. The van der Waals surface area contributed by atoms with Crippen LogP contribution in [0.5, 0.6) is 0 Å². The fourth-order valence-electron chi connectivity index (χ4n) is 2.95. The van der Waals surface area contributed by atoms with Crippen molar-refractivity contribution in [1.82, 2.24) is 0 Å². The van der Waals surface area contributed by atoms with E-state index in [1.807, 2.05) is 0 Å². The Morgan fingerprint density at radius 2 is 1.05 bits per heavy atom. The molecule has 0 aromatic rings. The van der Waals surface area contributed by atoms with E-state index in [4.69, 9.17) is 0 Å². The summed E-state index contributed by atoms with van der Waals surface area (Å²) < 4.78 is 2.47. The maximum Gasteiger partial charge on any atom is 0.161 e. The summed E-state index contributed by atoms with van der Waals surface area (Å²) in [6.45, 7) is 14.8. The summed E-state index contributed by atoms with van der Waals surface area (Å²) in [7, 11) is 0. The molecule has 0 aliphatic carbocycles. The Bertz CT molecular complexity index is 198. The standard InChI is InChI=1S/C18H38N/c1-6-10-14-18(15-11-7-2,16-12-8-3)19(5)17-13-9-4/h5-17H2,1-4H3/q+1. The van der Waals surface area contributed by atoms with Gasteiger partial charge in [0.05, 0.1) is 0 Å². The van der Waals surface area contributed by atoms with Gasteiger partial charge in [0, 0.05) is 25.7 Å². The molecule has 0 spiro atoms. The van der Waals surface area contributed by atoms with Crippen molar-refractivity contribution < 1.29 is 4.58 Å². The van der Waals surface area contributed by atoms with E-state index >= 15 is 0 Å². The Balaban J connectivity index is 4.79. The van der Waals surface area contributed by atoms with Crippen LogP contribution in [0.2, 0.25) is 0 Å². The molecule has 0 aliphatic heterocycles. The quantitative estimate of drug-likeness (QED) is 0.293. The summed E-state index contributed by atoms with van der Waals surface area (Å²) in [6, 6.07) is 0. The molecule has 0 heterocycles. The third-order valence-corrected chi connectivity index (χ3v) is 4.44. The summed E-state index contributed by atoms with van der Waals surface area (Å²) in [5, 5.41) is 0. The van der Waals surface area contributed by atoms with Crippen molar-refractivity contribution in [3.63, 3.8) is 0 Å². The van der Waals surface area contributed by atoms with Crippen LogP contribution in [0, 0.1) is 0 Å². The lowest BCUT2D eigenvalue weighted by Gasteiger charge is -2.31. The Labute approximate surface area is 122 Å². The van der Waals surface area contributed by atoms with Crippen LogP contribution >= 0.6 is 0 Å². The third kappa shape index (κ3) is 7.13. The highest BCUT2D eigenvalue weighted by Crippen LogP contribution is 2.31. The van der Waals surface area contributed by atoms with E-state index in [0.717, 1.165) is 0 Å². The van der Waals surface area contributed by atoms with Gasteiger partial charge in [-0.1, -0.05) is 53.4 Å². The lowest BCUT2D eigenvalue weighted by molar-refractivity contribution is -0.607. The molecule has 1 nitrogen and oxygen atoms in total. The maximum absolute atomic E-state index is 4.44. The Morgan fingerprint density at radius 3 is 1.37 bits per heavy atom. The Morgan fingerprint density at radius 1 is 0.684 bits per heavy atom. The molecular weight excluding hydrogens is 230 g/mol. The summed E-state index contributed by atoms with van der Waals surface area (Å²) in [4.78, 5) is 0. The molecule has 0 fully saturated rings. The molecule has 0 saturated carbocycles. The van der Waals surface area contributed by atoms with Gasteiger partial charge < -0.3 is 0 Å². The average Bonchev–Trinajstić information content (AvgIpc) is 2.44. The lowest BCUT2D eigenvalue weighted by atomic mass is 9.82. The SMILES string of the molecule is C=[N+](CCCC)C(CCCC)(CCCC)CCCC. The van der Waals surface area contributed by atoms with Gasteiger partial charge in [-0.15, -0.1) is 0 Å². The molecule has 0 aromatic heterocycles. The molecule has 0 rings (SSSR count). The number of rotatable bonds is 13. The fourth-order valence-corrected chi connectivity index (χ4v) is 2.95. The van der Waals surface area contributed by atoms with E-state index in [0.29, 0.717) is 5.54 Å². The van der Waals surface area contributed by atoms with Crippen molar-refractivity contribution in [3.8, 4) is 0 Å². The predicted octanol–water partition coefficient (Wildman–Crippen LogP) is 5.81. The maximum atomic E-state index is 4.44. The molecule has 0 aliphatic rings. The van der Waals surface area contributed by atoms with Crippen LogP contribution in [0.15, 0.2) is 0 Å². The molecule has 0 unspecified atom stereocenters. The second-order valence-corrected chi connectivity index (χ2v) is 6.15. The second kappa shape index (κ2) is 11.5. The molecular formula is C18H38N+. The molecule has 0 bridgehead atoms. The Kier molecular flexibility index (Phi) is 11.3. The van der Waals surface area contributed by atoms with Crippen molar-refractivity contribution >= 4 is 6.72 Å². The van der Waals surface area contributed by atoms with Crippen molar-refractivity contribution in [2.75, 3.05) is 6.54 Å². The largest absolute Gasteiger partial charge is 0.237 e. The van der Waals surface area contributed by atoms with Gasteiger partial charge in [0.2, 0.25) is 0 Å². The molecule has 1 heteroatoms. The minimum atomic E-state index is 0.386. The lowest BCUT2D eigenvalue weighted by Crippen LogP contribution is -2.42. The van der Waals surface area contributed by atoms with Crippen LogP contribution in [0.1, 0.15) is 98.3 Å². The van der Waals surface area contributed by atoms with E-state index in [9.17, 15) is 0 Å². The van der Waals surface area contributed by atoms with E-state index < -0.39 is 0 Å². The summed E-state index contributed by atoms with van der Waals surface area (Å²) in [5.74, 6) is 0. The van der Waals surface area contributed by atoms with Gasteiger partial charge in [0.1, 0.15) is 13.3 Å². The van der Waals surface area contributed by atoms with Gasteiger partial charge in [-0.05, 0) is 19.3 Å². The zero-order valence-corrected chi connectivity index (χ0v) is 14.1. The average molecular weight is 269 g/mol. The predicted molar refractivity (Wildman–Crippen MR) is 88.5 cm³/mol. The number of unbranched alkanes of at least 4 members (excludes halogenated alkanes) is 4. The van der Waals surface area contributed by atoms with Gasteiger partial charge >= 0.3 is 0 Å². The minimum absolute atomic E-state index is 0.386. The first-order chi connectivity index (χ1) is 9.16. The van der Waals surface area contributed by atoms with E-state index in [1.165, 1.54) is 77.2 Å². The zero-order valence-electron chi connectivity index (χ0n) is 14.1. The first-order valence-electron chi connectivity index (χ1n) is 8.75. The van der Waals surface area contributed by atoms with Crippen LogP contribution in [-0.4, -0.2) is 23.4 Å². The highest BCUT2D eigenvalue weighted by atomic mass is 15.1. The van der Waals surface area contributed by atoms with Crippen molar-refractivity contribution in [2.24, 2.45) is 0 Å². The fraction of sp³-hybridized carbons (Fsp3) is 0.944. The van der Waals surface area contributed by atoms with Gasteiger partial charge in [0.25, 0.3) is 0 Å². The van der Waals surface area contributed by atoms with Gasteiger partial charge in [0.15, 0.2) is 5.54 Å². The van der Waals surface area contributed by atoms with E-state index in [1.54, 1.807) is 0 Å². The second-order valence-electron chi connectivity index (χ2n) is 6.15. The molecule has 19 heavy (non-hydrogen) atoms. The minimum Gasteiger partial charge on any atom is -0.237 e. The highest BCUT2D eigenvalue weighted by Gasteiger charge is 2.37. The molecule has 0 atom stereocenters. The van der Waals surface area contributed by atoms with Crippen LogP contribution in [-0.2, 0) is 0 Å². The molecule has 0 N–H and O–H groups in total. The van der Waals surface area contributed by atoms with Gasteiger partial charge in [-0.3, -0.25) is 0 Å².